The second-order valence-corrected chi connectivity index (χ2v) is 5.85. The summed E-state index contributed by atoms with van der Waals surface area (Å²) in [5.41, 5.74) is 2.25. The maximum absolute atomic E-state index is 12.4. The van der Waals surface area contributed by atoms with Crippen LogP contribution in [0.3, 0.4) is 0 Å². The number of nitrogens with one attached hydrogen (secondary N) is 1. The van der Waals surface area contributed by atoms with Gasteiger partial charge in [0.25, 0.3) is 5.91 Å². The van der Waals surface area contributed by atoms with Crippen molar-refractivity contribution in [3.63, 3.8) is 0 Å². The molecule has 2 aromatic rings. The number of hydrogen-bond donors (Lipinski definition) is 1. The average Bonchev–Trinajstić information content (AvgIpc) is 2.63. The molecule has 0 aliphatic rings. The molecule has 0 aromatic heterocycles. The molecule has 0 bridgehead atoms. The van der Waals surface area contributed by atoms with Crippen LogP contribution in [-0.4, -0.2) is 30.9 Å². The van der Waals surface area contributed by atoms with E-state index in [0.29, 0.717) is 22.6 Å². The lowest BCUT2D eigenvalue weighted by Gasteiger charge is -2.16. The highest BCUT2D eigenvalue weighted by atomic mass is 16.5. The minimum Gasteiger partial charge on any atom is -0.481 e. The smallest absolute Gasteiger partial charge is 0.337 e. The zero-order chi connectivity index (χ0) is 19.3. The molecule has 0 spiro atoms. The summed E-state index contributed by atoms with van der Waals surface area (Å²) in [4.78, 5) is 35.3. The molecule has 0 radical (unpaired) electrons. The van der Waals surface area contributed by atoms with E-state index >= 15 is 0 Å². The Kier molecular flexibility index (Phi) is 6.11. The lowest BCUT2D eigenvalue weighted by atomic mass is 10.1. The molecule has 0 saturated heterocycles. The van der Waals surface area contributed by atoms with Crippen molar-refractivity contribution in [2.24, 2.45) is 0 Å². The Balaban J connectivity index is 2.07. The molecule has 6 heteroatoms. The van der Waals surface area contributed by atoms with Gasteiger partial charge in [0, 0.05) is 11.3 Å². The van der Waals surface area contributed by atoms with Crippen LogP contribution in [-0.2, 0) is 9.53 Å². The van der Waals surface area contributed by atoms with Crippen LogP contribution in [0.25, 0.3) is 0 Å². The van der Waals surface area contributed by atoms with Crippen LogP contribution >= 0.6 is 0 Å². The summed E-state index contributed by atoms with van der Waals surface area (Å²) in [5, 5.41) is 2.75. The van der Waals surface area contributed by atoms with E-state index in [2.05, 4.69) is 10.1 Å². The van der Waals surface area contributed by atoms with Crippen LogP contribution in [0.15, 0.2) is 42.5 Å². The van der Waals surface area contributed by atoms with E-state index in [1.165, 1.54) is 14.0 Å². The summed E-state index contributed by atoms with van der Waals surface area (Å²) in [5.74, 6) is -0.387. The molecule has 0 aliphatic heterocycles. The summed E-state index contributed by atoms with van der Waals surface area (Å²) in [7, 11) is 1.30. The SMILES string of the molecule is COC(=O)c1ccc(C)c(NC(=O)[C@H](C)Oc2ccc(C(C)=O)cc2)c1. The number of hydrogen-bond acceptors (Lipinski definition) is 5. The normalized spacial score (nSPS) is 11.4. The molecule has 0 heterocycles. The summed E-state index contributed by atoms with van der Waals surface area (Å²) < 4.78 is 10.3. The molecule has 1 N–H and O–H groups in total. The average molecular weight is 355 g/mol. The van der Waals surface area contributed by atoms with Gasteiger partial charge in [0.1, 0.15) is 5.75 Å². The second-order valence-electron chi connectivity index (χ2n) is 5.85. The van der Waals surface area contributed by atoms with Gasteiger partial charge in [-0.3, -0.25) is 9.59 Å². The van der Waals surface area contributed by atoms with Gasteiger partial charge in [0.15, 0.2) is 11.9 Å². The van der Waals surface area contributed by atoms with Crippen molar-refractivity contribution < 1.29 is 23.9 Å². The number of amides is 1. The summed E-state index contributed by atoms with van der Waals surface area (Å²) in [6, 6.07) is 11.5. The van der Waals surface area contributed by atoms with Gasteiger partial charge in [-0.2, -0.15) is 0 Å². The molecule has 2 rings (SSSR count). The minimum atomic E-state index is -0.764. The predicted molar refractivity (Wildman–Crippen MR) is 97.7 cm³/mol. The Morgan fingerprint density at radius 3 is 2.19 bits per heavy atom. The van der Waals surface area contributed by atoms with Crippen molar-refractivity contribution in [1.29, 1.82) is 0 Å². The van der Waals surface area contributed by atoms with Crippen molar-refractivity contribution in [3.05, 3.63) is 59.2 Å². The van der Waals surface area contributed by atoms with Gasteiger partial charge in [0.05, 0.1) is 12.7 Å². The number of aryl methyl sites for hydroxylation is 1. The molecular weight excluding hydrogens is 334 g/mol. The number of ketones is 1. The first-order valence-electron chi connectivity index (χ1n) is 8.09. The maximum Gasteiger partial charge on any atom is 0.337 e. The van der Waals surface area contributed by atoms with Crippen molar-refractivity contribution in [3.8, 4) is 5.75 Å². The minimum absolute atomic E-state index is 0.0386. The monoisotopic (exact) mass is 355 g/mol. The van der Waals surface area contributed by atoms with Crippen LogP contribution in [0.5, 0.6) is 5.75 Å². The zero-order valence-electron chi connectivity index (χ0n) is 15.2. The third-order valence-electron chi connectivity index (χ3n) is 3.86. The highest BCUT2D eigenvalue weighted by molar-refractivity contribution is 5.97. The lowest BCUT2D eigenvalue weighted by Crippen LogP contribution is -2.30. The van der Waals surface area contributed by atoms with E-state index in [1.54, 1.807) is 49.4 Å². The summed E-state index contributed by atoms with van der Waals surface area (Å²) >= 11 is 0. The zero-order valence-corrected chi connectivity index (χ0v) is 15.2. The van der Waals surface area contributed by atoms with Crippen LogP contribution in [0.4, 0.5) is 5.69 Å². The van der Waals surface area contributed by atoms with Crippen molar-refractivity contribution >= 4 is 23.3 Å². The second kappa shape index (κ2) is 8.29. The van der Waals surface area contributed by atoms with E-state index in [-0.39, 0.29) is 11.7 Å². The molecule has 136 valence electrons. The van der Waals surface area contributed by atoms with Crippen molar-refractivity contribution in [2.45, 2.75) is 26.9 Å². The largest absolute Gasteiger partial charge is 0.481 e. The van der Waals surface area contributed by atoms with E-state index in [4.69, 9.17) is 4.74 Å². The highest BCUT2D eigenvalue weighted by Gasteiger charge is 2.17. The van der Waals surface area contributed by atoms with E-state index in [9.17, 15) is 14.4 Å². The van der Waals surface area contributed by atoms with Crippen molar-refractivity contribution in [1.82, 2.24) is 0 Å². The van der Waals surface area contributed by atoms with Gasteiger partial charge in [-0.25, -0.2) is 4.79 Å². The topological polar surface area (TPSA) is 81.7 Å². The van der Waals surface area contributed by atoms with Gasteiger partial charge in [-0.15, -0.1) is 0 Å². The molecule has 2 aromatic carbocycles. The van der Waals surface area contributed by atoms with Gasteiger partial charge in [-0.1, -0.05) is 6.07 Å². The molecule has 1 atom stereocenters. The Hall–Kier alpha value is -3.15. The fourth-order valence-electron chi connectivity index (χ4n) is 2.26. The van der Waals surface area contributed by atoms with Crippen LogP contribution in [0.1, 0.15) is 40.1 Å². The molecule has 6 nitrogen and oxygen atoms in total. The van der Waals surface area contributed by atoms with Gasteiger partial charge in [0.2, 0.25) is 0 Å². The Labute approximate surface area is 152 Å². The molecule has 0 aliphatic carbocycles. The number of anilines is 1. The predicted octanol–water partition coefficient (Wildman–Crippen LogP) is 3.39. The molecule has 0 unspecified atom stereocenters. The number of Topliss-reactive ketones (excluding diaryl/α,β-unsaturated/α-hetero) is 1. The molecule has 0 fully saturated rings. The highest BCUT2D eigenvalue weighted by Crippen LogP contribution is 2.19. The number of methoxy groups -OCH3 is 1. The van der Waals surface area contributed by atoms with E-state index < -0.39 is 12.1 Å². The van der Waals surface area contributed by atoms with Gasteiger partial charge in [-0.05, 0) is 62.7 Å². The van der Waals surface area contributed by atoms with Gasteiger partial charge >= 0.3 is 5.97 Å². The third kappa shape index (κ3) is 4.69. The number of benzene rings is 2. The number of ether oxygens (including phenoxy) is 2. The number of carbonyl (C=O) groups is 3. The third-order valence-corrected chi connectivity index (χ3v) is 3.86. The Morgan fingerprint density at radius 2 is 1.62 bits per heavy atom. The fourth-order valence-corrected chi connectivity index (χ4v) is 2.26. The molecule has 0 saturated carbocycles. The standard InChI is InChI=1S/C20H21NO5/c1-12-5-6-16(20(24)25-4)11-18(12)21-19(23)14(3)26-17-9-7-15(8-10-17)13(2)22/h5-11,14H,1-4H3,(H,21,23)/t14-/m0/s1. The fraction of sp³-hybridized carbons (Fsp3) is 0.250. The first-order chi connectivity index (χ1) is 12.3. The number of rotatable bonds is 6. The van der Waals surface area contributed by atoms with E-state index in [1.807, 2.05) is 6.92 Å². The summed E-state index contributed by atoms with van der Waals surface area (Å²) in [6.45, 7) is 4.92. The lowest BCUT2D eigenvalue weighted by molar-refractivity contribution is -0.122. The van der Waals surface area contributed by atoms with Crippen LogP contribution < -0.4 is 10.1 Å². The number of esters is 1. The first-order valence-corrected chi connectivity index (χ1v) is 8.09. The van der Waals surface area contributed by atoms with Gasteiger partial charge < -0.3 is 14.8 Å². The maximum atomic E-state index is 12.4. The van der Waals surface area contributed by atoms with Crippen LogP contribution in [0, 0.1) is 6.92 Å². The number of carbonyl (C=O) groups excluding carboxylic acids is 3. The molecule has 26 heavy (non-hydrogen) atoms. The molecule has 1 amide bonds. The quantitative estimate of drug-likeness (QED) is 0.634. The van der Waals surface area contributed by atoms with Crippen LogP contribution in [0.2, 0.25) is 0 Å². The van der Waals surface area contributed by atoms with Crippen molar-refractivity contribution in [2.75, 3.05) is 12.4 Å². The first kappa shape index (κ1) is 19.2. The molecular formula is C20H21NO5. The summed E-state index contributed by atoms with van der Waals surface area (Å²) in [6.07, 6.45) is -0.764. The Bertz CT molecular complexity index is 827. The Morgan fingerprint density at radius 1 is 1.00 bits per heavy atom. The van der Waals surface area contributed by atoms with E-state index in [0.717, 1.165) is 5.56 Å².